The Kier molecular flexibility index (Phi) is 19.8. The van der Waals surface area contributed by atoms with Crippen LogP contribution in [-0.2, 0) is 33.5 Å². The van der Waals surface area contributed by atoms with Crippen LogP contribution in [0.1, 0.15) is 121 Å². The van der Waals surface area contributed by atoms with Crippen molar-refractivity contribution in [2.45, 2.75) is 122 Å². The van der Waals surface area contributed by atoms with Crippen LogP contribution in [0.3, 0.4) is 0 Å². The van der Waals surface area contributed by atoms with E-state index in [1.807, 2.05) is 37.3 Å². The number of ether oxygens (including phenoxy) is 2. The summed E-state index contributed by atoms with van der Waals surface area (Å²) in [6.07, 6.45) is 23.8. The second kappa shape index (κ2) is 24.7. The summed E-state index contributed by atoms with van der Waals surface area (Å²) in [5, 5.41) is 5.71. The van der Waals surface area contributed by atoms with Crippen molar-refractivity contribution in [3.63, 3.8) is 0 Å². The Hall–Kier alpha value is -4.44. The van der Waals surface area contributed by atoms with Gasteiger partial charge in [-0.25, -0.2) is 10.3 Å². The van der Waals surface area contributed by atoms with Crippen LogP contribution in [0, 0.1) is 0 Å². The molecule has 0 aliphatic heterocycles. The summed E-state index contributed by atoms with van der Waals surface area (Å²) in [6.45, 7) is 6.30. The molecule has 278 valence electrons. The second-order valence-electron chi connectivity index (χ2n) is 13.0. The number of carbonyl (C=O) groups excluding carboxylic acids is 4. The number of amides is 3. The van der Waals surface area contributed by atoms with E-state index >= 15 is 0 Å². The first kappa shape index (κ1) is 41.0. The highest BCUT2D eigenvalue weighted by molar-refractivity contribution is 5.85. The molecule has 0 radical (unpaired) electrons. The van der Waals surface area contributed by atoms with Crippen LogP contribution in [0.4, 0.5) is 0 Å². The van der Waals surface area contributed by atoms with Crippen LogP contribution < -0.4 is 16.1 Å². The van der Waals surface area contributed by atoms with E-state index in [-0.39, 0.29) is 36.9 Å². The number of unbranched alkanes of at least 4 members (excludes halogenated alkanes) is 3. The molecule has 1 aromatic carbocycles. The van der Waals surface area contributed by atoms with Gasteiger partial charge in [0.05, 0.1) is 13.2 Å². The normalized spacial score (nSPS) is 17.5. The number of allylic oxidation sites excluding steroid dienone is 6. The third-order valence-electron chi connectivity index (χ3n) is 8.75. The zero-order valence-corrected chi connectivity index (χ0v) is 30.3. The molecule has 1 aromatic rings. The maximum atomic E-state index is 13.0. The number of hydrogen-bond donors (Lipinski definition) is 3. The van der Waals surface area contributed by atoms with E-state index in [1.54, 1.807) is 18.2 Å². The first-order valence-electron chi connectivity index (χ1n) is 18.6. The highest BCUT2D eigenvalue weighted by atomic mass is 16.6. The molecule has 51 heavy (non-hydrogen) atoms. The van der Waals surface area contributed by atoms with Gasteiger partial charge in [-0.15, -0.1) is 0 Å². The van der Waals surface area contributed by atoms with Crippen molar-refractivity contribution in [2.24, 2.45) is 0 Å². The zero-order chi connectivity index (χ0) is 36.5. The van der Waals surface area contributed by atoms with Crippen molar-refractivity contribution in [3.05, 3.63) is 96.0 Å². The largest absolute Gasteiger partial charge is 0.494 e. The van der Waals surface area contributed by atoms with Crippen molar-refractivity contribution in [1.29, 1.82) is 0 Å². The van der Waals surface area contributed by atoms with Crippen molar-refractivity contribution >= 4 is 23.7 Å². The quantitative estimate of drug-likeness (QED) is 0.0372. The molecule has 0 aromatic heterocycles. The fourth-order valence-electron chi connectivity index (χ4n) is 5.85. The molecule has 3 rings (SSSR count). The molecule has 0 heterocycles. The van der Waals surface area contributed by atoms with Gasteiger partial charge in [0.15, 0.2) is 6.04 Å². The molecule has 1 unspecified atom stereocenters. The lowest BCUT2D eigenvalue weighted by Crippen LogP contribution is -2.36. The molecule has 1 atom stereocenters. The van der Waals surface area contributed by atoms with Gasteiger partial charge in [0.1, 0.15) is 11.9 Å². The third kappa shape index (κ3) is 17.4. The van der Waals surface area contributed by atoms with Gasteiger partial charge < -0.3 is 20.1 Å². The van der Waals surface area contributed by atoms with Gasteiger partial charge in [0.2, 0.25) is 17.7 Å². The van der Waals surface area contributed by atoms with Crippen LogP contribution in [0.15, 0.2) is 90.4 Å². The Balaban J connectivity index is 1.29. The summed E-state index contributed by atoms with van der Waals surface area (Å²) >= 11 is 0. The van der Waals surface area contributed by atoms with Crippen molar-refractivity contribution < 1.29 is 33.5 Å². The molecule has 3 N–H and O–H groups in total. The summed E-state index contributed by atoms with van der Waals surface area (Å²) in [4.78, 5) is 55.8. The van der Waals surface area contributed by atoms with Crippen molar-refractivity contribution in [2.75, 3.05) is 13.2 Å². The molecule has 2 aliphatic carbocycles. The van der Waals surface area contributed by atoms with Crippen LogP contribution in [-0.4, -0.2) is 43.0 Å². The molecule has 2 aliphatic rings. The first-order valence-corrected chi connectivity index (χ1v) is 18.6. The number of rotatable bonds is 22. The van der Waals surface area contributed by atoms with Gasteiger partial charge in [-0.05, 0) is 101 Å². The number of nitrogens with one attached hydrogen (secondary N) is 3. The minimum atomic E-state index is -0.860. The molecule has 0 saturated heterocycles. The van der Waals surface area contributed by atoms with E-state index in [2.05, 4.69) is 40.9 Å². The Bertz CT molecular complexity index is 1380. The maximum Gasteiger partial charge on any atom is 0.333 e. The van der Waals surface area contributed by atoms with Crippen LogP contribution in [0.5, 0.6) is 0 Å². The minimum Gasteiger partial charge on any atom is -0.494 e. The average Bonchev–Trinajstić information content (AvgIpc) is 3.63. The number of hydroxylamine groups is 1. The van der Waals surface area contributed by atoms with E-state index < -0.39 is 12.0 Å². The standard InChI is InChI=1S/C41H57N3O7/c1-3-34(42-37(45)26-15-8-9-16-27-39(47)44-50-31-32-20-11-6-5-7-12-21-32)30-35(4-2)49-29-19-28-38(46)43-40(33-22-13-10-14-23-33)41(48)51-36-24-17-18-25-36/h3-4,6,10-11,13-14,20,22-23,30,36,40H,1,5,7-9,12,15-19,21,24-29,31H2,2H3,(H,42,45)(H,43,46)(H,44,47)/b11-6-,32-20+,34-30+,35-4+. The second-order valence-corrected chi connectivity index (χ2v) is 13.0. The Labute approximate surface area is 303 Å². The summed E-state index contributed by atoms with van der Waals surface area (Å²) in [5.41, 5.74) is 4.92. The zero-order valence-electron chi connectivity index (χ0n) is 30.3. The van der Waals surface area contributed by atoms with Crippen molar-refractivity contribution in [1.82, 2.24) is 16.1 Å². The van der Waals surface area contributed by atoms with E-state index in [9.17, 15) is 19.2 Å². The van der Waals surface area contributed by atoms with Gasteiger partial charge in [-0.1, -0.05) is 68.0 Å². The van der Waals surface area contributed by atoms with Crippen LogP contribution >= 0.6 is 0 Å². The minimum absolute atomic E-state index is 0.0920. The number of esters is 1. The predicted octanol–water partition coefficient (Wildman–Crippen LogP) is 7.66. The van der Waals surface area contributed by atoms with Gasteiger partial charge in [-0.3, -0.25) is 19.2 Å². The Morgan fingerprint density at radius 1 is 0.902 bits per heavy atom. The molecule has 1 fully saturated rings. The topological polar surface area (TPSA) is 132 Å². The number of carbonyl (C=O) groups is 4. The molecule has 10 heteroatoms. The SMILES string of the molecule is C=C/C(=C\C(=C/C)OCCCC(=O)NC(C(=O)OC1CCCC1)c1ccccc1)NC(=O)CCCCCCC(=O)NOC/C1=C/C=C\CCCC1. The number of hydrogen-bond acceptors (Lipinski definition) is 7. The third-order valence-corrected chi connectivity index (χ3v) is 8.75. The van der Waals surface area contributed by atoms with Crippen molar-refractivity contribution in [3.8, 4) is 0 Å². The fourth-order valence-corrected chi connectivity index (χ4v) is 5.85. The molecular weight excluding hydrogens is 646 g/mol. The number of benzene rings is 1. The smallest absolute Gasteiger partial charge is 0.333 e. The van der Waals surface area contributed by atoms with E-state index in [0.717, 1.165) is 64.2 Å². The molecule has 10 nitrogen and oxygen atoms in total. The molecule has 3 amide bonds. The lowest BCUT2D eigenvalue weighted by molar-refractivity contribution is -0.153. The van der Waals surface area contributed by atoms with E-state index in [1.165, 1.54) is 12.0 Å². The van der Waals surface area contributed by atoms with E-state index in [4.69, 9.17) is 14.3 Å². The molecular formula is C41H57N3O7. The monoisotopic (exact) mass is 703 g/mol. The molecule has 0 bridgehead atoms. The summed E-state index contributed by atoms with van der Waals surface area (Å²) < 4.78 is 11.6. The van der Waals surface area contributed by atoms with Gasteiger partial charge in [-0.2, -0.15) is 0 Å². The fraction of sp³-hybridized carbons (Fsp3) is 0.512. The lowest BCUT2D eigenvalue weighted by Gasteiger charge is -2.20. The molecule has 1 saturated carbocycles. The summed E-state index contributed by atoms with van der Waals surface area (Å²) in [6, 6.07) is 8.27. The lowest BCUT2D eigenvalue weighted by atomic mass is 10.0. The van der Waals surface area contributed by atoms with Gasteiger partial charge in [0, 0.05) is 31.0 Å². The highest BCUT2D eigenvalue weighted by Gasteiger charge is 2.28. The first-order chi connectivity index (χ1) is 24.9. The Morgan fingerprint density at radius 3 is 2.35 bits per heavy atom. The van der Waals surface area contributed by atoms with E-state index in [0.29, 0.717) is 49.3 Å². The highest BCUT2D eigenvalue weighted by Crippen LogP contribution is 2.24. The predicted molar refractivity (Wildman–Crippen MR) is 199 cm³/mol. The average molecular weight is 704 g/mol. The van der Waals surface area contributed by atoms with Crippen LogP contribution in [0.25, 0.3) is 0 Å². The molecule has 0 spiro atoms. The summed E-state index contributed by atoms with van der Waals surface area (Å²) in [5.74, 6) is -0.425. The Morgan fingerprint density at radius 2 is 1.63 bits per heavy atom. The van der Waals surface area contributed by atoms with Crippen LogP contribution in [0.2, 0.25) is 0 Å². The van der Waals surface area contributed by atoms with Gasteiger partial charge in [0.25, 0.3) is 0 Å². The maximum absolute atomic E-state index is 13.0. The summed E-state index contributed by atoms with van der Waals surface area (Å²) in [7, 11) is 0. The van der Waals surface area contributed by atoms with Gasteiger partial charge >= 0.3 is 5.97 Å².